The van der Waals surface area contributed by atoms with Gasteiger partial charge in [0.25, 0.3) is 0 Å². The van der Waals surface area contributed by atoms with E-state index in [4.69, 9.17) is 9.47 Å². The molecular weight excluding hydrogens is 246 g/mol. The van der Waals surface area contributed by atoms with Crippen LogP contribution in [0.5, 0.6) is 0 Å². The Bertz CT molecular complexity index is 385. The van der Waals surface area contributed by atoms with Crippen LogP contribution >= 0.6 is 0 Å². The summed E-state index contributed by atoms with van der Waals surface area (Å²) in [6, 6.07) is 0. The van der Waals surface area contributed by atoms with Crippen molar-refractivity contribution in [1.29, 1.82) is 0 Å². The van der Waals surface area contributed by atoms with E-state index in [2.05, 4.69) is 5.32 Å². The number of carbonyl (C=O) groups excluding carboxylic acids is 2. The summed E-state index contributed by atoms with van der Waals surface area (Å²) in [6.45, 7) is 5.39. The quantitative estimate of drug-likeness (QED) is 0.782. The molecule has 0 unspecified atom stereocenters. The van der Waals surface area contributed by atoms with Crippen molar-refractivity contribution in [3.05, 3.63) is 0 Å². The van der Waals surface area contributed by atoms with E-state index in [9.17, 15) is 9.59 Å². The van der Waals surface area contributed by atoms with Gasteiger partial charge in [0.05, 0.1) is 7.11 Å². The monoisotopic (exact) mass is 269 g/mol. The van der Waals surface area contributed by atoms with Crippen molar-refractivity contribution >= 4 is 12.1 Å². The maximum atomic E-state index is 12.0. The van der Waals surface area contributed by atoms with Crippen LogP contribution in [-0.2, 0) is 14.3 Å². The first-order chi connectivity index (χ1) is 8.70. The summed E-state index contributed by atoms with van der Waals surface area (Å²) in [5.74, 6) is -0.365. The van der Waals surface area contributed by atoms with Crippen LogP contribution in [0.15, 0.2) is 0 Å². The number of alkyl carbamates (subject to hydrolysis) is 1. The average Bonchev–Trinajstić information content (AvgIpc) is 2.16. The van der Waals surface area contributed by atoms with Gasteiger partial charge in [-0.1, -0.05) is 6.42 Å². The highest BCUT2D eigenvalue weighted by Gasteiger charge is 2.62. The molecule has 0 radical (unpaired) electrons. The Hall–Kier alpha value is -1.26. The molecule has 108 valence electrons. The van der Waals surface area contributed by atoms with Crippen LogP contribution < -0.4 is 5.32 Å². The van der Waals surface area contributed by atoms with Crippen molar-refractivity contribution < 1.29 is 19.1 Å². The molecule has 0 atom stereocenters. The fourth-order valence-electron chi connectivity index (χ4n) is 3.24. The summed E-state index contributed by atoms with van der Waals surface area (Å²) >= 11 is 0. The fourth-order valence-corrected chi connectivity index (χ4v) is 3.24. The number of rotatable bonds is 2. The van der Waals surface area contributed by atoms with Gasteiger partial charge < -0.3 is 14.8 Å². The number of hydrogen-bond acceptors (Lipinski definition) is 4. The Balaban J connectivity index is 2.00. The molecule has 0 aromatic carbocycles. The van der Waals surface area contributed by atoms with Gasteiger partial charge in [0.2, 0.25) is 0 Å². The zero-order chi connectivity index (χ0) is 14.3. The highest BCUT2D eigenvalue weighted by atomic mass is 16.6. The van der Waals surface area contributed by atoms with Gasteiger partial charge in [-0.25, -0.2) is 9.59 Å². The zero-order valence-corrected chi connectivity index (χ0v) is 12.2. The van der Waals surface area contributed by atoms with Gasteiger partial charge in [0, 0.05) is 0 Å². The number of esters is 1. The van der Waals surface area contributed by atoms with E-state index in [1.807, 2.05) is 0 Å². The summed E-state index contributed by atoms with van der Waals surface area (Å²) in [7, 11) is 1.35. The van der Waals surface area contributed by atoms with E-state index in [0.29, 0.717) is 12.8 Å². The molecule has 1 N–H and O–H groups in total. The first kappa shape index (κ1) is 14.2. The second kappa shape index (κ2) is 4.39. The first-order valence-corrected chi connectivity index (χ1v) is 6.80. The number of carbonyl (C=O) groups is 2. The topological polar surface area (TPSA) is 64.6 Å². The maximum absolute atomic E-state index is 12.0. The van der Waals surface area contributed by atoms with Crippen molar-refractivity contribution in [2.75, 3.05) is 7.11 Å². The third-order valence-electron chi connectivity index (χ3n) is 4.08. The van der Waals surface area contributed by atoms with Crippen LogP contribution in [0.3, 0.4) is 0 Å². The minimum Gasteiger partial charge on any atom is -0.467 e. The van der Waals surface area contributed by atoms with Gasteiger partial charge in [0.15, 0.2) is 0 Å². The van der Waals surface area contributed by atoms with Crippen LogP contribution in [0.1, 0.15) is 52.9 Å². The van der Waals surface area contributed by atoms with Gasteiger partial charge in [0.1, 0.15) is 11.1 Å². The van der Waals surface area contributed by atoms with Crippen LogP contribution in [-0.4, -0.2) is 30.3 Å². The second-order valence-corrected chi connectivity index (χ2v) is 6.91. The minimum absolute atomic E-state index is 0.253. The highest BCUT2D eigenvalue weighted by Crippen LogP contribution is 2.60. The summed E-state index contributed by atoms with van der Waals surface area (Å²) in [4.78, 5) is 23.8. The molecule has 0 bridgehead atoms. The smallest absolute Gasteiger partial charge is 0.408 e. The third-order valence-corrected chi connectivity index (χ3v) is 4.08. The lowest BCUT2D eigenvalue weighted by Crippen LogP contribution is -2.68. The number of amides is 1. The van der Waals surface area contributed by atoms with Crippen LogP contribution in [0.2, 0.25) is 0 Å². The van der Waals surface area contributed by atoms with Crippen LogP contribution in [0.4, 0.5) is 4.79 Å². The zero-order valence-electron chi connectivity index (χ0n) is 12.2. The Morgan fingerprint density at radius 3 is 2.11 bits per heavy atom. The molecule has 0 saturated heterocycles. The van der Waals surface area contributed by atoms with E-state index in [0.717, 1.165) is 12.8 Å². The molecule has 5 nitrogen and oxygen atoms in total. The van der Waals surface area contributed by atoms with E-state index in [1.54, 1.807) is 20.8 Å². The van der Waals surface area contributed by atoms with Crippen LogP contribution in [0.25, 0.3) is 0 Å². The summed E-state index contributed by atoms with van der Waals surface area (Å²) in [5.41, 5.74) is -1.19. The SMILES string of the molecule is COC(=O)C1(NC(=O)OC(C)(C)C)CC2(CCC2)C1. The number of ether oxygens (including phenoxy) is 2. The number of hydrogen-bond donors (Lipinski definition) is 1. The molecule has 2 fully saturated rings. The molecular formula is C14H23NO4. The van der Waals surface area contributed by atoms with E-state index >= 15 is 0 Å². The Morgan fingerprint density at radius 2 is 1.74 bits per heavy atom. The summed E-state index contributed by atoms with van der Waals surface area (Å²) in [6.07, 6.45) is 4.29. The van der Waals surface area contributed by atoms with E-state index in [1.165, 1.54) is 13.5 Å². The Morgan fingerprint density at radius 1 is 1.16 bits per heavy atom. The average molecular weight is 269 g/mol. The largest absolute Gasteiger partial charge is 0.467 e. The molecule has 2 saturated carbocycles. The van der Waals surface area contributed by atoms with Gasteiger partial charge in [-0.15, -0.1) is 0 Å². The number of methoxy groups -OCH3 is 1. The standard InChI is InChI=1S/C14H23NO4/c1-12(2,3)19-11(17)15-14(10(16)18-4)8-13(9-14)6-5-7-13/h5-9H2,1-4H3,(H,15,17). The van der Waals surface area contributed by atoms with Crippen molar-refractivity contribution in [3.63, 3.8) is 0 Å². The lowest BCUT2D eigenvalue weighted by molar-refractivity contribution is -0.165. The van der Waals surface area contributed by atoms with Crippen molar-refractivity contribution in [3.8, 4) is 0 Å². The molecule has 0 aromatic heterocycles. The molecule has 0 aliphatic heterocycles. The molecule has 0 aromatic rings. The number of nitrogens with one attached hydrogen (secondary N) is 1. The van der Waals surface area contributed by atoms with Crippen molar-refractivity contribution in [1.82, 2.24) is 5.32 Å². The predicted octanol–water partition coefficient (Wildman–Crippen LogP) is 2.39. The molecule has 2 aliphatic carbocycles. The molecule has 5 heteroatoms. The lowest BCUT2D eigenvalue weighted by Gasteiger charge is -2.59. The van der Waals surface area contributed by atoms with Gasteiger partial charge in [-0.2, -0.15) is 0 Å². The molecule has 2 rings (SSSR count). The highest BCUT2D eigenvalue weighted by molar-refractivity contribution is 5.87. The molecule has 2 aliphatic rings. The van der Waals surface area contributed by atoms with Crippen molar-refractivity contribution in [2.45, 2.75) is 64.0 Å². The summed E-state index contributed by atoms with van der Waals surface area (Å²) in [5, 5.41) is 2.72. The van der Waals surface area contributed by atoms with Gasteiger partial charge in [-0.3, -0.25) is 0 Å². The van der Waals surface area contributed by atoms with Crippen molar-refractivity contribution in [2.24, 2.45) is 5.41 Å². The van der Waals surface area contributed by atoms with Gasteiger partial charge in [-0.05, 0) is 51.9 Å². The second-order valence-electron chi connectivity index (χ2n) is 6.91. The van der Waals surface area contributed by atoms with Gasteiger partial charge >= 0.3 is 12.1 Å². The minimum atomic E-state index is -0.877. The predicted molar refractivity (Wildman–Crippen MR) is 69.6 cm³/mol. The summed E-state index contributed by atoms with van der Waals surface area (Å²) < 4.78 is 10.1. The molecule has 19 heavy (non-hydrogen) atoms. The Labute approximate surface area is 114 Å². The van der Waals surface area contributed by atoms with Crippen LogP contribution in [0, 0.1) is 5.41 Å². The molecule has 1 amide bonds. The lowest BCUT2D eigenvalue weighted by atomic mass is 9.48. The third kappa shape index (κ3) is 2.69. The fraction of sp³-hybridized carbons (Fsp3) is 0.857. The maximum Gasteiger partial charge on any atom is 0.408 e. The Kier molecular flexibility index (Phi) is 3.27. The normalized spacial score (nSPS) is 22.9. The molecule has 0 heterocycles. The van der Waals surface area contributed by atoms with E-state index in [-0.39, 0.29) is 11.4 Å². The van der Waals surface area contributed by atoms with E-state index < -0.39 is 17.2 Å². The first-order valence-electron chi connectivity index (χ1n) is 6.80. The molecule has 1 spiro atoms.